The van der Waals surface area contributed by atoms with Gasteiger partial charge in [-0.3, -0.25) is 0 Å². The Hall–Kier alpha value is -1.64. The average molecular weight is 204 g/mol. The molecule has 0 fully saturated rings. The Morgan fingerprint density at radius 3 is 2.80 bits per heavy atom. The SMILES string of the molecule is CCc1c(F)ccc2cc(N)nc(C)c12. The molecule has 0 unspecified atom stereocenters. The summed E-state index contributed by atoms with van der Waals surface area (Å²) in [6.07, 6.45) is 0.662. The number of anilines is 1. The van der Waals surface area contributed by atoms with Crippen LogP contribution in [0.4, 0.5) is 10.2 Å². The van der Waals surface area contributed by atoms with Crippen molar-refractivity contribution in [2.45, 2.75) is 20.3 Å². The number of aromatic nitrogens is 1. The standard InChI is InChI=1S/C12H13FN2/c1-3-9-10(13)5-4-8-6-11(14)15-7(2)12(8)9/h4-6H,3H2,1-2H3,(H2,14,15). The maximum absolute atomic E-state index is 13.5. The Bertz CT molecular complexity index is 521. The number of halogens is 1. The van der Waals surface area contributed by atoms with E-state index in [1.165, 1.54) is 6.07 Å². The Morgan fingerprint density at radius 2 is 2.13 bits per heavy atom. The van der Waals surface area contributed by atoms with E-state index in [2.05, 4.69) is 4.98 Å². The Morgan fingerprint density at radius 1 is 1.40 bits per heavy atom. The summed E-state index contributed by atoms with van der Waals surface area (Å²) in [6, 6.07) is 5.01. The summed E-state index contributed by atoms with van der Waals surface area (Å²) in [5, 5.41) is 1.85. The largest absolute Gasteiger partial charge is 0.384 e. The second-order valence-electron chi connectivity index (χ2n) is 3.61. The molecule has 0 saturated carbocycles. The fourth-order valence-corrected chi connectivity index (χ4v) is 1.97. The van der Waals surface area contributed by atoms with Crippen molar-refractivity contribution in [1.29, 1.82) is 0 Å². The first-order valence-electron chi connectivity index (χ1n) is 4.97. The molecule has 0 aliphatic carbocycles. The van der Waals surface area contributed by atoms with Gasteiger partial charge < -0.3 is 5.73 Å². The lowest BCUT2D eigenvalue weighted by Crippen LogP contribution is -1.97. The summed E-state index contributed by atoms with van der Waals surface area (Å²) >= 11 is 0. The van der Waals surface area contributed by atoms with Gasteiger partial charge in [-0.1, -0.05) is 13.0 Å². The van der Waals surface area contributed by atoms with Crippen LogP contribution in [0.2, 0.25) is 0 Å². The highest BCUT2D eigenvalue weighted by Gasteiger charge is 2.09. The maximum atomic E-state index is 13.5. The minimum atomic E-state index is -0.167. The lowest BCUT2D eigenvalue weighted by atomic mass is 10.0. The lowest BCUT2D eigenvalue weighted by Gasteiger charge is -2.09. The fourth-order valence-electron chi connectivity index (χ4n) is 1.97. The summed E-state index contributed by atoms with van der Waals surface area (Å²) < 4.78 is 13.5. The van der Waals surface area contributed by atoms with Crippen molar-refractivity contribution in [3.8, 4) is 0 Å². The van der Waals surface area contributed by atoms with Crippen LogP contribution in [0, 0.1) is 12.7 Å². The van der Waals surface area contributed by atoms with Crippen molar-refractivity contribution in [2.24, 2.45) is 0 Å². The monoisotopic (exact) mass is 204 g/mol. The number of aryl methyl sites for hydroxylation is 2. The number of hydrogen-bond donors (Lipinski definition) is 1. The first-order valence-corrected chi connectivity index (χ1v) is 4.97. The quantitative estimate of drug-likeness (QED) is 0.775. The summed E-state index contributed by atoms with van der Waals surface area (Å²) in [6.45, 7) is 3.80. The predicted octanol–water partition coefficient (Wildman–Crippen LogP) is 2.83. The number of fused-ring (bicyclic) bond motifs is 1. The van der Waals surface area contributed by atoms with Gasteiger partial charge in [-0.25, -0.2) is 9.37 Å². The van der Waals surface area contributed by atoms with Crippen molar-refractivity contribution in [2.75, 3.05) is 5.73 Å². The van der Waals surface area contributed by atoms with Gasteiger partial charge >= 0.3 is 0 Å². The number of rotatable bonds is 1. The van der Waals surface area contributed by atoms with Crippen LogP contribution in [-0.2, 0) is 6.42 Å². The van der Waals surface area contributed by atoms with Crippen LogP contribution >= 0.6 is 0 Å². The fraction of sp³-hybridized carbons (Fsp3) is 0.250. The number of nitrogens with two attached hydrogens (primary N) is 1. The van der Waals surface area contributed by atoms with Gasteiger partial charge in [-0.15, -0.1) is 0 Å². The van der Waals surface area contributed by atoms with E-state index in [-0.39, 0.29) is 5.82 Å². The van der Waals surface area contributed by atoms with Gasteiger partial charge in [0.2, 0.25) is 0 Å². The molecule has 1 aromatic heterocycles. The van der Waals surface area contributed by atoms with Gasteiger partial charge in [-0.2, -0.15) is 0 Å². The Labute approximate surface area is 87.9 Å². The molecule has 2 rings (SSSR count). The molecule has 2 aromatic rings. The zero-order chi connectivity index (χ0) is 11.0. The molecule has 1 aromatic carbocycles. The lowest BCUT2D eigenvalue weighted by molar-refractivity contribution is 0.615. The average Bonchev–Trinajstić information content (AvgIpc) is 2.18. The molecule has 0 atom stereocenters. The molecule has 0 aliphatic rings. The van der Waals surface area contributed by atoms with Crippen molar-refractivity contribution in [1.82, 2.24) is 4.98 Å². The summed E-state index contributed by atoms with van der Waals surface area (Å²) in [5.74, 6) is 0.313. The van der Waals surface area contributed by atoms with Crippen LogP contribution in [0.3, 0.4) is 0 Å². The third-order valence-electron chi connectivity index (χ3n) is 2.60. The molecular formula is C12H13FN2. The van der Waals surface area contributed by atoms with E-state index in [1.54, 1.807) is 12.1 Å². The third-order valence-corrected chi connectivity index (χ3v) is 2.60. The molecule has 0 spiro atoms. The molecule has 0 bridgehead atoms. The van der Waals surface area contributed by atoms with Gasteiger partial charge in [0.1, 0.15) is 11.6 Å². The van der Waals surface area contributed by atoms with Crippen LogP contribution in [0.15, 0.2) is 18.2 Å². The van der Waals surface area contributed by atoms with E-state index < -0.39 is 0 Å². The van der Waals surface area contributed by atoms with Gasteiger partial charge in [0.05, 0.1) is 0 Å². The molecule has 1 heterocycles. The number of nitrogens with zero attached hydrogens (tertiary/aromatic N) is 1. The number of nitrogen functional groups attached to an aromatic ring is 1. The first kappa shape index (κ1) is 9.90. The van der Waals surface area contributed by atoms with Gasteiger partial charge in [-0.05, 0) is 36.4 Å². The van der Waals surface area contributed by atoms with Crippen molar-refractivity contribution in [3.05, 3.63) is 35.3 Å². The molecule has 0 saturated heterocycles. The zero-order valence-corrected chi connectivity index (χ0v) is 8.84. The van der Waals surface area contributed by atoms with Crippen LogP contribution in [0.25, 0.3) is 10.8 Å². The minimum Gasteiger partial charge on any atom is -0.384 e. The third kappa shape index (κ3) is 1.54. The molecule has 0 amide bonds. The highest BCUT2D eigenvalue weighted by Crippen LogP contribution is 2.25. The minimum absolute atomic E-state index is 0.167. The number of hydrogen-bond acceptors (Lipinski definition) is 2. The molecule has 0 radical (unpaired) electrons. The van der Waals surface area contributed by atoms with Crippen molar-refractivity contribution in [3.63, 3.8) is 0 Å². The maximum Gasteiger partial charge on any atom is 0.127 e. The van der Waals surface area contributed by atoms with E-state index in [0.29, 0.717) is 12.2 Å². The molecule has 3 heteroatoms. The van der Waals surface area contributed by atoms with E-state index >= 15 is 0 Å². The van der Waals surface area contributed by atoms with E-state index in [0.717, 1.165) is 22.0 Å². The van der Waals surface area contributed by atoms with Crippen LogP contribution < -0.4 is 5.73 Å². The molecule has 2 N–H and O–H groups in total. The van der Waals surface area contributed by atoms with Crippen LogP contribution in [-0.4, -0.2) is 4.98 Å². The number of pyridine rings is 1. The van der Waals surface area contributed by atoms with Gasteiger partial charge in [0, 0.05) is 11.1 Å². The Balaban J connectivity index is 2.91. The smallest absolute Gasteiger partial charge is 0.127 e. The predicted molar refractivity (Wildman–Crippen MR) is 60.2 cm³/mol. The topological polar surface area (TPSA) is 38.9 Å². The molecule has 78 valence electrons. The molecule has 2 nitrogen and oxygen atoms in total. The van der Waals surface area contributed by atoms with Crippen molar-refractivity contribution >= 4 is 16.6 Å². The molecular weight excluding hydrogens is 191 g/mol. The van der Waals surface area contributed by atoms with Gasteiger partial charge in [0.25, 0.3) is 0 Å². The summed E-state index contributed by atoms with van der Waals surface area (Å²) in [5.41, 5.74) is 7.16. The first-order chi connectivity index (χ1) is 7.13. The normalized spacial score (nSPS) is 10.9. The highest BCUT2D eigenvalue weighted by atomic mass is 19.1. The highest BCUT2D eigenvalue weighted by molar-refractivity contribution is 5.89. The zero-order valence-electron chi connectivity index (χ0n) is 8.84. The van der Waals surface area contributed by atoms with E-state index in [4.69, 9.17) is 5.73 Å². The molecule has 0 aliphatic heterocycles. The van der Waals surface area contributed by atoms with Crippen LogP contribution in [0.5, 0.6) is 0 Å². The van der Waals surface area contributed by atoms with Crippen LogP contribution in [0.1, 0.15) is 18.2 Å². The second-order valence-corrected chi connectivity index (χ2v) is 3.61. The van der Waals surface area contributed by atoms with Gasteiger partial charge in [0.15, 0.2) is 0 Å². The van der Waals surface area contributed by atoms with Crippen molar-refractivity contribution < 1.29 is 4.39 Å². The molecule has 15 heavy (non-hydrogen) atoms. The summed E-state index contributed by atoms with van der Waals surface area (Å²) in [4.78, 5) is 4.16. The number of benzene rings is 1. The van der Waals surface area contributed by atoms with E-state index in [1.807, 2.05) is 13.8 Å². The summed E-state index contributed by atoms with van der Waals surface area (Å²) in [7, 11) is 0. The van der Waals surface area contributed by atoms with E-state index in [9.17, 15) is 4.39 Å². The Kier molecular flexibility index (Phi) is 2.31. The second kappa shape index (κ2) is 3.50.